The van der Waals surface area contributed by atoms with Crippen molar-refractivity contribution >= 4 is 33.5 Å². The minimum absolute atomic E-state index is 0.105. The number of rotatable bonds is 5. The summed E-state index contributed by atoms with van der Waals surface area (Å²) in [6, 6.07) is 24.0. The van der Waals surface area contributed by atoms with Crippen LogP contribution in [0.2, 0.25) is 0 Å². The van der Waals surface area contributed by atoms with Crippen molar-refractivity contribution in [2.24, 2.45) is 0 Å². The number of carbonyl (C=O) groups is 2. The van der Waals surface area contributed by atoms with E-state index in [-0.39, 0.29) is 46.3 Å². The fourth-order valence-electron chi connectivity index (χ4n) is 8.27. The van der Waals surface area contributed by atoms with Crippen molar-refractivity contribution in [3.05, 3.63) is 83.9 Å². The molecule has 0 unspecified atom stereocenters. The van der Waals surface area contributed by atoms with Crippen LogP contribution in [0.3, 0.4) is 0 Å². The molecule has 0 atom stereocenters. The van der Waals surface area contributed by atoms with Gasteiger partial charge in [0.05, 0.1) is 11.1 Å². The molecule has 0 saturated carbocycles. The first-order valence-corrected chi connectivity index (χ1v) is 16.5. The van der Waals surface area contributed by atoms with Gasteiger partial charge >= 0.3 is 11.9 Å². The highest BCUT2D eigenvalue weighted by molar-refractivity contribution is 6.05. The SMILES string of the molecule is CC1(C)CC(OC(=O)c2ccc3cc(-c4cc(C(=O)OC5CC(C)(C)NC(C)(C)C5)cc5ccccc45)ccc3c2)CC(C)(C)N1. The van der Waals surface area contributed by atoms with Crippen molar-refractivity contribution in [2.75, 3.05) is 0 Å². The molecule has 0 aliphatic carbocycles. The molecule has 0 bridgehead atoms. The number of ether oxygens (including phenoxy) is 2. The molecule has 2 aliphatic heterocycles. The summed E-state index contributed by atoms with van der Waals surface area (Å²) in [5.41, 5.74) is 2.61. The van der Waals surface area contributed by atoms with Crippen molar-refractivity contribution < 1.29 is 19.1 Å². The quantitative estimate of drug-likeness (QED) is 0.218. The standard InChI is InChI=1S/C40H48N2O4/c1-37(2)21-31(22-38(3,4)41-37)45-35(43)29-16-14-25-17-28(15-13-26(25)18-29)34-20-30(19-27-11-9-10-12-33(27)34)36(44)46-32-23-39(5,6)42-40(7,8)24-32/h9-20,31-32,41-42H,21-24H2,1-8H3. The van der Waals surface area contributed by atoms with Crippen LogP contribution in [0, 0.1) is 0 Å². The average Bonchev–Trinajstić information content (AvgIpc) is 2.92. The predicted octanol–water partition coefficient (Wildman–Crippen LogP) is 8.59. The molecule has 46 heavy (non-hydrogen) atoms. The van der Waals surface area contributed by atoms with E-state index in [9.17, 15) is 9.59 Å². The Morgan fingerprint density at radius 1 is 0.565 bits per heavy atom. The molecule has 2 aliphatic rings. The predicted molar refractivity (Wildman–Crippen MR) is 186 cm³/mol. The minimum atomic E-state index is -0.296. The summed E-state index contributed by atoms with van der Waals surface area (Å²) < 4.78 is 12.2. The van der Waals surface area contributed by atoms with E-state index in [0.29, 0.717) is 11.1 Å². The molecule has 242 valence electrons. The van der Waals surface area contributed by atoms with Gasteiger partial charge in [-0.25, -0.2) is 9.59 Å². The molecule has 2 saturated heterocycles. The maximum absolute atomic E-state index is 13.6. The second-order valence-corrected chi connectivity index (χ2v) is 16.2. The van der Waals surface area contributed by atoms with Gasteiger partial charge in [-0.3, -0.25) is 0 Å². The van der Waals surface area contributed by atoms with Gasteiger partial charge in [-0.2, -0.15) is 0 Å². The van der Waals surface area contributed by atoms with Crippen LogP contribution in [0.15, 0.2) is 72.8 Å². The van der Waals surface area contributed by atoms with Crippen molar-refractivity contribution in [1.82, 2.24) is 10.6 Å². The van der Waals surface area contributed by atoms with Crippen molar-refractivity contribution in [3.63, 3.8) is 0 Å². The van der Waals surface area contributed by atoms with Crippen LogP contribution in [-0.2, 0) is 9.47 Å². The van der Waals surface area contributed by atoms with Crippen LogP contribution in [-0.4, -0.2) is 46.3 Å². The summed E-state index contributed by atoms with van der Waals surface area (Å²) >= 11 is 0. The Labute approximate surface area is 273 Å². The van der Waals surface area contributed by atoms with E-state index in [1.54, 1.807) is 0 Å². The zero-order valence-corrected chi connectivity index (χ0v) is 28.5. The van der Waals surface area contributed by atoms with E-state index < -0.39 is 0 Å². The van der Waals surface area contributed by atoms with E-state index in [4.69, 9.17) is 9.47 Å². The molecule has 6 heteroatoms. The molecule has 2 heterocycles. The number of piperidine rings is 2. The lowest BCUT2D eigenvalue weighted by molar-refractivity contribution is -0.00764. The summed E-state index contributed by atoms with van der Waals surface area (Å²) in [7, 11) is 0. The average molecular weight is 621 g/mol. The van der Waals surface area contributed by atoms with Gasteiger partial charge in [-0.15, -0.1) is 0 Å². The van der Waals surface area contributed by atoms with Gasteiger partial charge in [-0.05, 0) is 118 Å². The Balaban J connectivity index is 1.26. The molecule has 4 aromatic carbocycles. The Hall–Kier alpha value is -3.74. The van der Waals surface area contributed by atoms with Gasteiger partial charge in [0, 0.05) is 47.8 Å². The largest absolute Gasteiger partial charge is 0.459 e. The molecule has 6 rings (SSSR count). The van der Waals surface area contributed by atoms with Crippen LogP contribution < -0.4 is 10.6 Å². The van der Waals surface area contributed by atoms with E-state index in [1.807, 2.05) is 54.6 Å². The molecule has 6 nitrogen and oxygen atoms in total. The molecule has 0 amide bonds. The lowest BCUT2D eigenvalue weighted by Gasteiger charge is -2.45. The molecule has 2 N–H and O–H groups in total. The third kappa shape index (κ3) is 7.13. The Morgan fingerprint density at radius 3 is 1.63 bits per heavy atom. The highest BCUT2D eigenvalue weighted by Gasteiger charge is 2.40. The smallest absolute Gasteiger partial charge is 0.338 e. The van der Waals surface area contributed by atoms with Crippen LogP contribution in [0.1, 0.15) is 102 Å². The second-order valence-electron chi connectivity index (χ2n) is 16.2. The zero-order valence-electron chi connectivity index (χ0n) is 28.5. The molecule has 0 aromatic heterocycles. The topological polar surface area (TPSA) is 76.7 Å². The van der Waals surface area contributed by atoms with Gasteiger partial charge in [0.1, 0.15) is 12.2 Å². The van der Waals surface area contributed by atoms with Crippen LogP contribution in [0.5, 0.6) is 0 Å². The number of hydrogen-bond acceptors (Lipinski definition) is 6. The minimum Gasteiger partial charge on any atom is -0.459 e. The molecule has 0 radical (unpaired) electrons. The Morgan fingerprint density at radius 2 is 1.04 bits per heavy atom. The van der Waals surface area contributed by atoms with Gasteiger partial charge in [0.2, 0.25) is 0 Å². The van der Waals surface area contributed by atoms with Crippen molar-refractivity contribution in [2.45, 2.75) is 115 Å². The fraction of sp³-hybridized carbons (Fsp3) is 0.450. The summed E-state index contributed by atoms with van der Waals surface area (Å²) in [5.74, 6) is -0.586. The summed E-state index contributed by atoms with van der Waals surface area (Å²) in [6.07, 6.45) is 2.76. The maximum Gasteiger partial charge on any atom is 0.338 e. The molecule has 4 aromatic rings. The van der Waals surface area contributed by atoms with E-state index >= 15 is 0 Å². The Bertz CT molecular complexity index is 1790. The van der Waals surface area contributed by atoms with Gasteiger partial charge in [0.15, 0.2) is 0 Å². The van der Waals surface area contributed by atoms with Gasteiger partial charge in [-0.1, -0.05) is 42.5 Å². The number of hydrogen-bond donors (Lipinski definition) is 2. The van der Waals surface area contributed by atoms with Crippen LogP contribution >= 0.6 is 0 Å². The lowest BCUT2D eigenvalue weighted by atomic mass is 9.81. The molecular weight excluding hydrogens is 572 g/mol. The first-order valence-electron chi connectivity index (χ1n) is 16.5. The lowest BCUT2D eigenvalue weighted by Crippen LogP contribution is -2.59. The fourth-order valence-corrected chi connectivity index (χ4v) is 8.27. The van der Waals surface area contributed by atoms with E-state index in [1.165, 1.54) is 0 Å². The van der Waals surface area contributed by atoms with Gasteiger partial charge < -0.3 is 20.1 Å². The number of carbonyl (C=O) groups excluding carboxylic acids is 2. The maximum atomic E-state index is 13.6. The molecule has 2 fully saturated rings. The Kier molecular flexibility index (Phi) is 8.05. The summed E-state index contributed by atoms with van der Waals surface area (Å²) in [5, 5.41) is 11.3. The third-order valence-electron chi connectivity index (χ3n) is 9.34. The molecule has 0 spiro atoms. The van der Waals surface area contributed by atoms with Crippen molar-refractivity contribution in [1.29, 1.82) is 0 Å². The molecular formula is C40H48N2O4. The second kappa shape index (κ2) is 11.5. The third-order valence-corrected chi connectivity index (χ3v) is 9.34. The van der Waals surface area contributed by atoms with Crippen molar-refractivity contribution in [3.8, 4) is 11.1 Å². The number of esters is 2. The first-order chi connectivity index (χ1) is 21.5. The number of fused-ring (bicyclic) bond motifs is 2. The highest BCUT2D eigenvalue weighted by Crippen LogP contribution is 2.35. The number of benzene rings is 4. The summed E-state index contributed by atoms with van der Waals surface area (Å²) in [4.78, 5) is 26.8. The van der Waals surface area contributed by atoms with E-state index in [0.717, 1.165) is 58.4 Å². The van der Waals surface area contributed by atoms with Crippen LogP contribution in [0.4, 0.5) is 0 Å². The highest BCUT2D eigenvalue weighted by atomic mass is 16.5. The monoisotopic (exact) mass is 620 g/mol. The summed E-state index contributed by atoms with van der Waals surface area (Å²) in [6.45, 7) is 17.2. The van der Waals surface area contributed by atoms with Gasteiger partial charge in [0.25, 0.3) is 0 Å². The number of nitrogens with one attached hydrogen (secondary N) is 2. The first kappa shape index (κ1) is 32.2. The van der Waals surface area contributed by atoms with E-state index in [2.05, 4.69) is 84.2 Å². The zero-order chi connectivity index (χ0) is 33.1. The normalized spacial score (nSPS) is 20.8. The van der Waals surface area contributed by atoms with Crippen LogP contribution in [0.25, 0.3) is 32.7 Å².